The SMILES string of the molecule is c1ccc(N(c2cccc([Si](c3ccccc3)(c3ccccc3)c3ccccc3N(c3ccccc3)c3ccc4ccccc4c3)c2)c2ccc3ccccc3c2)cc1. The maximum Gasteiger partial charge on any atom is 0.181 e. The highest BCUT2D eigenvalue weighted by Gasteiger charge is 2.44. The molecule has 10 aromatic rings. The van der Waals surface area contributed by atoms with Crippen molar-refractivity contribution in [2.45, 2.75) is 0 Å². The van der Waals surface area contributed by atoms with Gasteiger partial charge in [-0.3, -0.25) is 0 Å². The zero-order valence-electron chi connectivity index (χ0n) is 32.6. The van der Waals surface area contributed by atoms with Crippen LogP contribution >= 0.6 is 0 Å². The molecule has 0 amide bonds. The maximum absolute atomic E-state index is 3.12. The van der Waals surface area contributed by atoms with Crippen LogP contribution in [0.4, 0.5) is 34.1 Å². The molecule has 280 valence electrons. The fourth-order valence-electron chi connectivity index (χ4n) is 8.87. The van der Waals surface area contributed by atoms with Crippen LogP contribution < -0.4 is 30.5 Å². The van der Waals surface area contributed by atoms with Crippen LogP contribution in [0.3, 0.4) is 0 Å². The van der Waals surface area contributed by atoms with Gasteiger partial charge in [0.1, 0.15) is 0 Å². The van der Waals surface area contributed by atoms with E-state index < -0.39 is 8.07 Å². The molecule has 0 aliphatic rings. The van der Waals surface area contributed by atoms with Gasteiger partial charge in [-0.2, -0.15) is 0 Å². The van der Waals surface area contributed by atoms with Gasteiger partial charge in [0.05, 0.1) is 0 Å². The molecule has 0 N–H and O–H groups in total. The third-order valence-corrected chi connectivity index (χ3v) is 16.3. The number of para-hydroxylation sites is 3. The van der Waals surface area contributed by atoms with Crippen molar-refractivity contribution in [3.8, 4) is 0 Å². The van der Waals surface area contributed by atoms with Crippen molar-refractivity contribution in [3.05, 3.63) is 255 Å². The van der Waals surface area contributed by atoms with Gasteiger partial charge in [0.2, 0.25) is 0 Å². The molecule has 0 aromatic heterocycles. The smallest absolute Gasteiger partial charge is 0.181 e. The lowest BCUT2D eigenvalue weighted by Crippen LogP contribution is -2.75. The Kier molecular flexibility index (Phi) is 9.63. The van der Waals surface area contributed by atoms with E-state index in [9.17, 15) is 0 Å². The third-order valence-electron chi connectivity index (χ3n) is 11.5. The van der Waals surface area contributed by atoms with Gasteiger partial charge in [-0.25, -0.2) is 0 Å². The lowest BCUT2D eigenvalue weighted by molar-refractivity contribution is 1.29. The minimum absolute atomic E-state index is 1.11. The Morgan fingerprint density at radius 1 is 0.237 bits per heavy atom. The predicted octanol–water partition coefficient (Wildman–Crippen LogP) is 12.3. The van der Waals surface area contributed by atoms with E-state index in [-0.39, 0.29) is 0 Å². The first-order valence-electron chi connectivity index (χ1n) is 20.3. The Balaban J connectivity index is 1.26. The molecule has 0 aliphatic carbocycles. The van der Waals surface area contributed by atoms with Gasteiger partial charge in [-0.15, -0.1) is 0 Å². The summed E-state index contributed by atoms with van der Waals surface area (Å²) in [6.45, 7) is 0. The van der Waals surface area contributed by atoms with Gasteiger partial charge < -0.3 is 9.80 Å². The van der Waals surface area contributed by atoms with Crippen LogP contribution in [-0.4, -0.2) is 8.07 Å². The minimum atomic E-state index is -3.12. The van der Waals surface area contributed by atoms with Gasteiger partial charge in [0, 0.05) is 34.1 Å². The molecule has 0 unspecified atom stereocenters. The summed E-state index contributed by atoms with van der Waals surface area (Å²) in [7, 11) is -3.12. The summed E-state index contributed by atoms with van der Waals surface area (Å²) in [6.07, 6.45) is 0. The summed E-state index contributed by atoms with van der Waals surface area (Å²) < 4.78 is 0. The molecule has 2 nitrogen and oxygen atoms in total. The Hall–Kier alpha value is -7.46. The maximum atomic E-state index is 2.47. The first kappa shape index (κ1) is 35.9. The summed E-state index contributed by atoms with van der Waals surface area (Å²) in [4.78, 5) is 4.87. The van der Waals surface area contributed by atoms with Crippen molar-refractivity contribution >= 4 is 84.5 Å². The van der Waals surface area contributed by atoms with E-state index in [0.717, 1.165) is 34.1 Å². The van der Waals surface area contributed by atoms with Crippen LogP contribution in [0.15, 0.2) is 255 Å². The van der Waals surface area contributed by atoms with Gasteiger partial charge in [-0.1, -0.05) is 188 Å². The standard InChI is InChI=1S/C56H42N2Si/c1-5-24-47(25-6-1)57(50-38-36-43-20-13-15-22-45(43)40-50)49-28-19-33-54(42-49)59(52-29-9-3-10-30-52,53-31-11-4-12-32-53)56-35-18-17-34-55(56)58(48-26-7-2-8-27-48)51-39-37-44-21-14-16-23-46(44)41-51/h1-42H. The van der Waals surface area contributed by atoms with Crippen molar-refractivity contribution < 1.29 is 0 Å². The number of fused-ring (bicyclic) bond motifs is 2. The minimum Gasteiger partial charge on any atom is -0.311 e. The second-order valence-electron chi connectivity index (χ2n) is 15.0. The molecule has 0 radical (unpaired) electrons. The molecule has 0 aliphatic heterocycles. The topological polar surface area (TPSA) is 6.48 Å². The van der Waals surface area contributed by atoms with Crippen molar-refractivity contribution in [3.63, 3.8) is 0 Å². The molecule has 0 fully saturated rings. The highest BCUT2D eigenvalue weighted by Crippen LogP contribution is 2.38. The molecule has 0 atom stereocenters. The Bertz CT molecular complexity index is 2960. The van der Waals surface area contributed by atoms with Gasteiger partial charge in [-0.05, 0) is 109 Å². The van der Waals surface area contributed by atoms with Crippen LogP contribution in [0.1, 0.15) is 0 Å². The molecule has 59 heavy (non-hydrogen) atoms. The van der Waals surface area contributed by atoms with Crippen molar-refractivity contribution in [2.24, 2.45) is 0 Å². The molecule has 10 aromatic carbocycles. The fraction of sp³-hybridized carbons (Fsp3) is 0. The Morgan fingerprint density at radius 3 is 1.19 bits per heavy atom. The molecular weight excluding hydrogens is 729 g/mol. The molecule has 10 rings (SSSR count). The second-order valence-corrected chi connectivity index (χ2v) is 18.7. The second kappa shape index (κ2) is 15.8. The highest BCUT2D eigenvalue weighted by atomic mass is 28.3. The Labute approximate surface area is 347 Å². The van der Waals surface area contributed by atoms with Crippen LogP contribution in [0, 0.1) is 0 Å². The first-order valence-corrected chi connectivity index (χ1v) is 22.3. The fourth-order valence-corrected chi connectivity index (χ4v) is 13.8. The number of benzene rings is 10. The van der Waals surface area contributed by atoms with Crippen molar-refractivity contribution in [1.82, 2.24) is 0 Å². The number of rotatable bonds is 10. The largest absolute Gasteiger partial charge is 0.311 e. The molecule has 0 spiro atoms. The van der Waals surface area contributed by atoms with E-state index >= 15 is 0 Å². The average Bonchev–Trinajstić information content (AvgIpc) is 3.31. The molecular formula is C56H42N2Si. The normalized spacial score (nSPS) is 11.4. The van der Waals surface area contributed by atoms with Crippen LogP contribution in [0.25, 0.3) is 21.5 Å². The molecule has 0 saturated carbocycles. The number of nitrogens with zero attached hydrogens (tertiary/aromatic N) is 2. The molecule has 3 heteroatoms. The van der Waals surface area contributed by atoms with Crippen LogP contribution in [-0.2, 0) is 0 Å². The molecule has 0 heterocycles. The van der Waals surface area contributed by atoms with E-state index in [1.165, 1.54) is 42.3 Å². The first-order chi connectivity index (χ1) is 29.3. The quantitative estimate of drug-likeness (QED) is 0.101. The lowest BCUT2D eigenvalue weighted by Gasteiger charge is -2.39. The predicted molar refractivity (Wildman–Crippen MR) is 254 cm³/mol. The van der Waals surface area contributed by atoms with Gasteiger partial charge in [0.15, 0.2) is 8.07 Å². The van der Waals surface area contributed by atoms with E-state index in [2.05, 4.69) is 265 Å². The van der Waals surface area contributed by atoms with E-state index in [4.69, 9.17) is 0 Å². The summed E-state index contributed by atoms with van der Waals surface area (Å²) in [6, 6.07) is 93.4. The highest BCUT2D eigenvalue weighted by molar-refractivity contribution is 7.20. The zero-order chi connectivity index (χ0) is 39.4. The van der Waals surface area contributed by atoms with Crippen LogP contribution in [0.5, 0.6) is 0 Å². The monoisotopic (exact) mass is 770 g/mol. The summed E-state index contributed by atoms with van der Waals surface area (Å²) >= 11 is 0. The third kappa shape index (κ3) is 6.68. The Morgan fingerprint density at radius 2 is 0.627 bits per heavy atom. The molecule has 0 bridgehead atoms. The van der Waals surface area contributed by atoms with E-state index in [1.54, 1.807) is 0 Å². The zero-order valence-corrected chi connectivity index (χ0v) is 33.6. The summed E-state index contributed by atoms with van der Waals surface area (Å²) in [5.41, 5.74) is 6.73. The number of anilines is 6. The molecule has 0 saturated heterocycles. The number of hydrogen-bond acceptors (Lipinski definition) is 2. The summed E-state index contributed by atoms with van der Waals surface area (Å²) in [5.74, 6) is 0. The van der Waals surface area contributed by atoms with Crippen molar-refractivity contribution in [1.29, 1.82) is 0 Å². The number of hydrogen-bond donors (Lipinski definition) is 0. The lowest BCUT2D eigenvalue weighted by atomic mass is 10.1. The van der Waals surface area contributed by atoms with Gasteiger partial charge in [0.25, 0.3) is 0 Å². The van der Waals surface area contributed by atoms with Crippen LogP contribution in [0.2, 0.25) is 0 Å². The average molecular weight is 771 g/mol. The summed E-state index contributed by atoms with van der Waals surface area (Å²) in [5, 5.41) is 10.1. The van der Waals surface area contributed by atoms with E-state index in [0.29, 0.717) is 0 Å². The van der Waals surface area contributed by atoms with E-state index in [1.807, 2.05) is 0 Å². The van der Waals surface area contributed by atoms with Crippen molar-refractivity contribution in [2.75, 3.05) is 9.80 Å². The van der Waals surface area contributed by atoms with Gasteiger partial charge >= 0.3 is 0 Å².